The van der Waals surface area contributed by atoms with E-state index in [1.165, 1.54) is 0 Å². The number of para-hydroxylation sites is 1. The molecule has 4 nitrogen and oxygen atoms in total. The van der Waals surface area contributed by atoms with Gasteiger partial charge in [0.15, 0.2) is 0 Å². The lowest BCUT2D eigenvalue weighted by Gasteiger charge is -2.07. The summed E-state index contributed by atoms with van der Waals surface area (Å²) in [6, 6.07) is 7.12. The highest BCUT2D eigenvalue weighted by Crippen LogP contribution is 2.22. The lowest BCUT2D eigenvalue weighted by atomic mass is 10.3. The maximum atomic E-state index is 11.1. The van der Waals surface area contributed by atoms with Crippen LogP contribution in [-0.2, 0) is 9.63 Å². The number of rotatable bonds is 6. The average molecular weight is 244 g/mol. The number of hydrogen-bond acceptors (Lipinski definition) is 3. The van der Waals surface area contributed by atoms with Gasteiger partial charge < -0.3 is 4.74 Å². The molecule has 0 atom stereocenters. The van der Waals surface area contributed by atoms with E-state index in [2.05, 4.69) is 5.48 Å². The van der Waals surface area contributed by atoms with Crippen molar-refractivity contribution >= 4 is 17.5 Å². The first-order valence-electron chi connectivity index (χ1n) is 5.02. The number of carbonyl (C=O) groups excluding carboxylic acids is 1. The summed E-state index contributed by atoms with van der Waals surface area (Å²) in [5, 5.41) is 0.535. The highest BCUT2D eigenvalue weighted by molar-refractivity contribution is 6.32. The molecular formula is C11H14ClNO3. The zero-order valence-electron chi connectivity index (χ0n) is 9.03. The molecule has 0 aliphatic carbocycles. The Morgan fingerprint density at radius 3 is 2.88 bits per heavy atom. The largest absolute Gasteiger partial charge is 0.491 e. The Kier molecular flexibility index (Phi) is 5.67. The maximum Gasteiger partial charge on any atom is 0.246 e. The summed E-state index contributed by atoms with van der Waals surface area (Å²) in [7, 11) is 0. The van der Waals surface area contributed by atoms with Crippen molar-refractivity contribution in [3.05, 3.63) is 29.3 Å². The summed E-state index contributed by atoms with van der Waals surface area (Å²) >= 11 is 5.87. The molecule has 16 heavy (non-hydrogen) atoms. The second-order valence-electron chi connectivity index (χ2n) is 2.99. The molecule has 0 unspecified atom stereocenters. The van der Waals surface area contributed by atoms with Crippen molar-refractivity contribution in [1.29, 1.82) is 0 Å². The number of halogens is 1. The molecular weight excluding hydrogens is 230 g/mol. The zero-order valence-corrected chi connectivity index (χ0v) is 9.79. The van der Waals surface area contributed by atoms with Gasteiger partial charge in [0.25, 0.3) is 0 Å². The topological polar surface area (TPSA) is 47.6 Å². The normalized spacial score (nSPS) is 9.88. The van der Waals surface area contributed by atoms with E-state index in [0.29, 0.717) is 17.4 Å². The van der Waals surface area contributed by atoms with E-state index < -0.39 is 0 Å². The van der Waals surface area contributed by atoms with Crippen molar-refractivity contribution in [2.45, 2.75) is 13.3 Å². The minimum atomic E-state index is -0.214. The number of carbonyl (C=O) groups is 1. The van der Waals surface area contributed by atoms with Crippen molar-refractivity contribution < 1.29 is 14.4 Å². The van der Waals surface area contributed by atoms with Crippen LogP contribution in [-0.4, -0.2) is 19.1 Å². The third-order valence-corrected chi connectivity index (χ3v) is 2.07. The molecule has 0 spiro atoms. The van der Waals surface area contributed by atoms with Gasteiger partial charge in [0.1, 0.15) is 5.75 Å². The molecule has 0 aromatic heterocycles. The average Bonchev–Trinajstić information content (AvgIpc) is 2.29. The smallest absolute Gasteiger partial charge is 0.246 e. The summed E-state index contributed by atoms with van der Waals surface area (Å²) in [6.45, 7) is 2.50. The van der Waals surface area contributed by atoms with Gasteiger partial charge in [-0.3, -0.25) is 9.63 Å². The van der Waals surface area contributed by atoms with E-state index >= 15 is 0 Å². The van der Waals surface area contributed by atoms with Crippen molar-refractivity contribution in [2.24, 2.45) is 0 Å². The van der Waals surface area contributed by atoms with Gasteiger partial charge in [-0.2, -0.15) is 0 Å². The summed E-state index contributed by atoms with van der Waals surface area (Å²) in [6.07, 6.45) is 0.227. The van der Waals surface area contributed by atoms with Crippen molar-refractivity contribution in [2.75, 3.05) is 13.2 Å². The Bertz CT molecular complexity index is 344. The molecule has 1 N–H and O–H groups in total. The van der Waals surface area contributed by atoms with Crippen LogP contribution in [0, 0.1) is 0 Å². The number of benzene rings is 1. The zero-order chi connectivity index (χ0) is 11.8. The van der Waals surface area contributed by atoms with Crippen molar-refractivity contribution in [3.8, 4) is 5.75 Å². The highest BCUT2D eigenvalue weighted by atomic mass is 35.5. The molecule has 0 fully saturated rings. The number of ether oxygens (including phenoxy) is 1. The molecule has 1 amide bonds. The second kappa shape index (κ2) is 7.09. The summed E-state index contributed by atoms with van der Waals surface area (Å²) in [5.41, 5.74) is 2.28. The molecule has 5 heteroatoms. The minimum Gasteiger partial charge on any atom is -0.491 e. The van der Waals surface area contributed by atoms with E-state index in [-0.39, 0.29) is 18.9 Å². The Morgan fingerprint density at radius 2 is 2.19 bits per heavy atom. The van der Waals surface area contributed by atoms with Crippen LogP contribution < -0.4 is 10.2 Å². The number of hydroxylamine groups is 1. The first kappa shape index (κ1) is 12.8. The van der Waals surface area contributed by atoms with E-state index in [9.17, 15) is 4.79 Å². The van der Waals surface area contributed by atoms with Crippen LogP contribution >= 0.6 is 11.6 Å². The van der Waals surface area contributed by atoms with Crippen LogP contribution in [0.15, 0.2) is 24.3 Å². The van der Waals surface area contributed by atoms with Gasteiger partial charge >= 0.3 is 0 Å². The van der Waals surface area contributed by atoms with E-state index in [0.717, 1.165) is 0 Å². The van der Waals surface area contributed by atoms with E-state index in [1.807, 2.05) is 12.1 Å². The maximum absolute atomic E-state index is 11.1. The predicted molar refractivity (Wildman–Crippen MR) is 61.3 cm³/mol. The van der Waals surface area contributed by atoms with Gasteiger partial charge in [0.05, 0.1) is 24.7 Å². The Hall–Kier alpha value is -1.26. The van der Waals surface area contributed by atoms with Crippen LogP contribution in [0.3, 0.4) is 0 Å². The lowest BCUT2D eigenvalue weighted by molar-refractivity contribution is -0.133. The van der Waals surface area contributed by atoms with Gasteiger partial charge in [-0.05, 0) is 19.1 Å². The third kappa shape index (κ3) is 4.51. The minimum absolute atomic E-state index is 0.214. The second-order valence-corrected chi connectivity index (χ2v) is 3.39. The molecule has 88 valence electrons. The number of nitrogens with one attached hydrogen (secondary N) is 1. The van der Waals surface area contributed by atoms with Crippen LogP contribution in [0.1, 0.15) is 13.3 Å². The summed E-state index contributed by atoms with van der Waals surface area (Å²) < 4.78 is 5.34. The highest BCUT2D eigenvalue weighted by Gasteiger charge is 2.03. The van der Waals surface area contributed by atoms with Gasteiger partial charge in [-0.15, -0.1) is 0 Å². The first-order chi connectivity index (χ1) is 7.74. The van der Waals surface area contributed by atoms with Crippen LogP contribution in [0.4, 0.5) is 0 Å². The standard InChI is InChI=1S/C11H14ClNO3/c1-2-16-13-11(14)7-8-15-10-6-4-3-5-9(10)12/h3-6H,2,7-8H2,1H3,(H,13,14). The number of hydrogen-bond donors (Lipinski definition) is 1. The molecule has 1 aromatic carbocycles. The molecule has 0 aliphatic rings. The quantitative estimate of drug-likeness (QED) is 0.779. The van der Waals surface area contributed by atoms with Gasteiger partial charge in [-0.25, -0.2) is 5.48 Å². The molecule has 1 aromatic rings. The fourth-order valence-corrected chi connectivity index (χ4v) is 1.21. The SMILES string of the molecule is CCONC(=O)CCOc1ccccc1Cl. The van der Waals surface area contributed by atoms with E-state index in [1.54, 1.807) is 19.1 Å². The Morgan fingerprint density at radius 1 is 1.44 bits per heavy atom. The Balaban J connectivity index is 2.25. The fourth-order valence-electron chi connectivity index (χ4n) is 1.02. The molecule has 0 bridgehead atoms. The van der Waals surface area contributed by atoms with Crippen LogP contribution in [0.5, 0.6) is 5.75 Å². The van der Waals surface area contributed by atoms with Crippen LogP contribution in [0.25, 0.3) is 0 Å². The Labute approximate surface area is 99.5 Å². The summed E-state index contributed by atoms with van der Waals surface area (Å²) in [5.74, 6) is 0.363. The van der Waals surface area contributed by atoms with Gasteiger partial charge in [0, 0.05) is 0 Å². The third-order valence-electron chi connectivity index (χ3n) is 1.75. The van der Waals surface area contributed by atoms with Crippen molar-refractivity contribution in [3.63, 3.8) is 0 Å². The van der Waals surface area contributed by atoms with Crippen LogP contribution in [0.2, 0.25) is 5.02 Å². The molecule has 0 saturated heterocycles. The molecule has 0 aliphatic heterocycles. The summed E-state index contributed by atoms with van der Waals surface area (Å²) in [4.78, 5) is 15.9. The van der Waals surface area contributed by atoms with Crippen molar-refractivity contribution in [1.82, 2.24) is 5.48 Å². The molecule has 0 saturated carbocycles. The first-order valence-corrected chi connectivity index (χ1v) is 5.39. The molecule has 1 rings (SSSR count). The molecule has 0 heterocycles. The predicted octanol–water partition coefficient (Wildman–Crippen LogP) is 2.18. The molecule has 0 radical (unpaired) electrons. The van der Waals surface area contributed by atoms with Gasteiger partial charge in [-0.1, -0.05) is 23.7 Å². The monoisotopic (exact) mass is 243 g/mol. The number of amides is 1. The van der Waals surface area contributed by atoms with Gasteiger partial charge in [0.2, 0.25) is 5.91 Å². The van der Waals surface area contributed by atoms with E-state index in [4.69, 9.17) is 21.2 Å². The fraction of sp³-hybridized carbons (Fsp3) is 0.364. The lowest BCUT2D eigenvalue weighted by Crippen LogP contribution is -2.25.